The number of ether oxygens (including phenoxy) is 1. The molecule has 3 N–H and O–H groups in total. The number of aliphatic hydroxyl groups is 1. The van der Waals surface area contributed by atoms with Gasteiger partial charge in [-0.25, -0.2) is 0 Å². The van der Waals surface area contributed by atoms with Crippen molar-refractivity contribution in [2.45, 2.75) is 13.5 Å². The van der Waals surface area contributed by atoms with E-state index in [0.717, 1.165) is 39.3 Å². The fourth-order valence-electron chi connectivity index (χ4n) is 3.30. The van der Waals surface area contributed by atoms with Crippen LogP contribution in [0.1, 0.15) is 23.6 Å². The molecule has 1 aliphatic carbocycles. The first-order valence-electron chi connectivity index (χ1n) is 8.09. The Hall–Kier alpha value is -2.78. The van der Waals surface area contributed by atoms with Crippen LogP contribution in [0.2, 0.25) is 0 Å². The highest BCUT2D eigenvalue weighted by Gasteiger charge is 2.27. The van der Waals surface area contributed by atoms with Crippen molar-refractivity contribution >= 4 is 11.3 Å². The summed E-state index contributed by atoms with van der Waals surface area (Å²) >= 11 is 0. The van der Waals surface area contributed by atoms with Crippen molar-refractivity contribution in [2.75, 3.05) is 5.73 Å². The van der Waals surface area contributed by atoms with E-state index in [9.17, 15) is 5.11 Å². The van der Waals surface area contributed by atoms with Gasteiger partial charge in [-0.2, -0.15) is 0 Å². The number of allylic oxidation sites excluding steroid dienone is 3. The van der Waals surface area contributed by atoms with Crippen molar-refractivity contribution in [3.63, 3.8) is 0 Å². The summed E-state index contributed by atoms with van der Waals surface area (Å²) in [6.07, 6.45) is 6.39. The molecule has 0 amide bonds. The quantitative estimate of drug-likeness (QED) is 0.822. The van der Waals surface area contributed by atoms with Crippen molar-refractivity contribution in [3.8, 4) is 5.75 Å². The van der Waals surface area contributed by atoms with Crippen molar-refractivity contribution < 1.29 is 9.84 Å². The molecule has 120 valence electrons. The fraction of sp³-hybridized carbons (Fsp3) is 0.143. The van der Waals surface area contributed by atoms with Crippen molar-refractivity contribution in [1.82, 2.24) is 0 Å². The van der Waals surface area contributed by atoms with E-state index in [0.29, 0.717) is 11.6 Å². The van der Waals surface area contributed by atoms with Crippen molar-refractivity contribution in [1.29, 1.82) is 0 Å². The number of nitrogen functional groups attached to an aromatic ring is 1. The number of anilines is 1. The molecule has 1 unspecified atom stereocenters. The summed E-state index contributed by atoms with van der Waals surface area (Å²) in [5.74, 6) is 1.93. The number of nitrogens with two attached hydrogens (primary N) is 1. The smallest absolute Gasteiger partial charge is 0.137 e. The third-order valence-corrected chi connectivity index (χ3v) is 4.47. The number of hydrogen-bond donors (Lipinski definition) is 2. The molecule has 0 saturated heterocycles. The average Bonchev–Trinajstić information content (AvgIpc) is 2.59. The SMILES string of the molecule is CC1C=CC2=C(c3ccccc3CO)c3ccc(N)cc3OC2=C1. The highest BCUT2D eigenvalue weighted by Crippen LogP contribution is 2.44. The fourth-order valence-corrected chi connectivity index (χ4v) is 3.30. The lowest BCUT2D eigenvalue weighted by molar-refractivity contribution is 0.281. The lowest BCUT2D eigenvalue weighted by atomic mass is 9.84. The Labute approximate surface area is 141 Å². The van der Waals surface area contributed by atoms with Crippen LogP contribution in [0.25, 0.3) is 5.57 Å². The van der Waals surface area contributed by atoms with E-state index >= 15 is 0 Å². The first kappa shape index (κ1) is 14.8. The van der Waals surface area contributed by atoms with Gasteiger partial charge in [0.1, 0.15) is 11.5 Å². The van der Waals surface area contributed by atoms with Crippen LogP contribution in [0.15, 0.2) is 72.0 Å². The molecule has 3 heteroatoms. The number of hydrogen-bond acceptors (Lipinski definition) is 3. The summed E-state index contributed by atoms with van der Waals surface area (Å²) in [5, 5.41) is 9.77. The highest BCUT2D eigenvalue weighted by molar-refractivity contribution is 5.92. The minimum atomic E-state index is -0.00270. The Morgan fingerprint density at radius 1 is 1.12 bits per heavy atom. The average molecular weight is 317 g/mol. The third-order valence-electron chi connectivity index (χ3n) is 4.47. The molecule has 24 heavy (non-hydrogen) atoms. The topological polar surface area (TPSA) is 55.5 Å². The molecule has 0 fully saturated rings. The predicted molar refractivity (Wildman–Crippen MR) is 96.3 cm³/mol. The second-order valence-electron chi connectivity index (χ2n) is 6.21. The van der Waals surface area contributed by atoms with Crippen LogP contribution in [-0.2, 0) is 6.61 Å². The van der Waals surface area contributed by atoms with Gasteiger partial charge in [-0.05, 0) is 35.3 Å². The van der Waals surface area contributed by atoms with Gasteiger partial charge in [0.25, 0.3) is 0 Å². The molecule has 2 aromatic carbocycles. The third kappa shape index (κ3) is 2.34. The zero-order valence-electron chi connectivity index (χ0n) is 13.5. The van der Waals surface area contributed by atoms with E-state index in [1.54, 1.807) is 0 Å². The van der Waals surface area contributed by atoms with E-state index in [1.807, 2.05) is 42.5 Å². The van der Waals surface area contributed by atoms with E-state index in [2.05, 4.69) is 25.2 Å². The normalized spacial score (nSPS) is 18.6. The van der Waals surface area contributed by atoms with E-state index in [-0.39, 0.29) is 6.61 Å². The van der Waals surface area contributed by atoms with Gasteiger partial charge >= 0.3 is 0 Å². The largest absolute Gasteiger partial charge is 0.456 e. The Bertz CT molecular complexity index is 906. The molecular formula is C21H19NO2. The molecule has 0 aromatic heterocycles. The molecule has 2 aromatic rings. The predicted octanol–water partition coefficient (Wildman–Crippen LogP) is 4.05. The van der Waals surface area contributed by atoms with Crippen LogP contribution in [0.3, 0.4) is 0 Å². The molecule has 3 nitrogen and oxygen atoms in total. The number of fused-ring (bicyclic) bond motifs is 2. The molecule has 1 aliphatic heterocycles. The first-order chi connectivity index (χ1) is 11.7. The van der Waals surface area contributed by atoms with Gasteiger partial charge in [-0.3, -0.25) is 0 Å². The van der Waals surface area contributed by atoms with Gasteiger partial charge < -0.3 is 15.6 Å². The molecule has 2 aliphatic rings. The number of rotatable bonds is 2. The molecule has 0 saturated carbocycles. The lowest BCUT2D eigenvalue weighted by Gasteiger charge is -2.28. The standard InChI is InChI=1S/C21H19NO2/c1-13-6-8-17-19(10-13)24-20-11-15(22)7-9-18(20)21(17)16-5-3-2-4-14(16)12-23/h2-11,13,23H,12,22H2,1H3. The second-order valence-corrected chi connectivity index (χ2v) is 6.21. The minimum absolute atomic E-state index is 0.00270. The van der Waals surface area contributed by atoms with Gasteiger partial charge in [-0.1, -0.05) is 43.3 Å². The van der Waals surface area contributed by atoms with E-state index in [1.165, 1.54) is 0 Å². The molecular weight excluding hydrogens is 298 g/mol. The number of benzene rings is 2. The summed E-state index contributed by atoms with van der Waals surface area (Å²) in [5.41, 5.74) is 11.7. The summed E-state index contributed by atoms with van der Waals surface area (Å²) in [6.45, 7) is 2.12. The first-order valence-corrected chi connectivity index (χ1v) is 8.09. The summed E-state index contributed by atoms with van der Waals surface area (Å²) < 4.78 is 6.12. The second kappa shape index (κ2) is 5.69. The van der Waals surface area contributed by atoms with Gasteiger partial charge in [0.15, 0.2) is 0 Å². The maximum Gasteiger partial charge on any atom is 0.137 e. The maximum atomic E-state index is 9.77. The van der Waals surface area contributed by atoms with E-state index < -0.39 is 0 Å². The maximum absolute atomic E-state index is 9.77. The Morgan fingerprint density at radius 3 is 2.79 bits per heavy atom. The Kier molecular flexibility index (Phi) is 3.51. The molecule has 0 spiro atoms. The van der Waals surface area contributed by atoms with E-state index in [4.69, 9.17) is 10.5 Å². The van der Waals surface area contributed by atoms with Gasteiger partial charge in [0, 0.05) is 28.5 Å². The molecule has 4 rings (SSSR count). The molecule has 1 heterocycles. The van der Waals surface area contributed by atoms with Gasteiger partial charge in [-0.15, -0.1) is 0 Å². The monoisotopic (exact) mass is 317 g/mol. The van der Waals surface area contributed by atoms with Crippen LogP contribution < -0.4 is 10.5 Å². The number of aliphatic hydroxyl groups excluding tert-OH is 1. The van der Waals surface area contributed by atoms with Crippen LogP contribution >= 0.6 is 0 Å². The van der Waals surface area contributed by atoms with Crippen LogP contribution in [0, 0.1) is 5.92 Å². The van der Waals surface area contributed by atoms with Crippen LogP contribution in [0.4, 0.5) is 5.69 Å². The Morgan fingerprint density at radius 2 is 1.96 bits per heavy atom. The van der Waals surface area contributed by atoms with Gasteiger partial charge in [0.05, 0.1) is 6.61 Å². The molecule has 0 radical (unpaired) electrons. The molecule has 0 bridgehead atoms. The van der Waals surface area contributed by atoms with Gasteiger partial charge in [0.2, 0.25) is 0 Å². The zero-order valence-corrected chi connectivity index (χ0v) is 13.5. The van der Waals surface area contributed by atoms with Crippen molar-refractivity contribution in [2.24, 2.45) is 5.92 Å². The summed E-state index contributed by atoms with van der Waals surface area (Å²) in [6, 6.07) is 13.7. The highest BCUT2D eigenvalue weighted by atomic mass is 16.5. The Balaban J connectivity index is 2.03. The van der Waals surface area contributed by atoms with Crippen LogP contribution in [0.5, 0.6) is 5.75 Å². The minimum Gasteiger partial charge on any atom is -0.456 e. The van der Waals surface area contributed by atoms with Crippen LogP contribution in [-0.4, -0.2) is 5.11 Å². The molecule has 1 atom stereocenters. The summed E-state index contributed by atoms with van der Waals surface area (Å²) in [7, 11) is 0. The van der Waals surface area contributed by atoms with Crippen molar-refractivity contribution in [3.05, 3.63) is 88.7 Å². The lowest BCUT2D eigenvalue weighted by Crippen LogP contribution is -2.14. The summed E-state index contributed by atoms with van der Waals surface area (Å²) in [4.78, 5) is 0. The zero-order chi connectivity index (χ0) is 16.7.